The van der Waals surface area contributed by atoms with Gasteiger partial charge in [-0.25, -0.2) is 0 Å². The minimum atomic E-state index is -0.665. The minimum absolute atomic E-state index is 0.00512. The highest BCUT2D eigenvalue weighted by molar-refractivity contribution is 7.13. The number of hydrogen-bond donors (Lipinski definition) is 2. The van der Waals surface area contributed by atoms with Crippen LogP contribution in [0.3, 0.4) is 0 Å². The van der Waals surface area contributed by atoms with Crippen molar-refractivity contribution in [1.82, 2.24) is 15.2 Å². The van der Waals surface area contributed by atoms with Crippen molar-refractivity contribution >= 4 is 28.8 Å². The Morgan fingerprint density at radius 2 is 2.03 bits per heavy atom. The number of nitrogens with one attached hydrogen (secondary N) is 1. The van der Waals surface area contributed by atoms with E-state index in [-0.39, 0.29) is 11.8 Å². The largest absolute Gasteiger partial charge is 0.397 e. The van der Waals surface area contributed by atoms with Crippen LogP contribution in [0, 0.1) is 5.41 Å². The molecule has 0 unspecified atom stereocenters. The van der Waals surface area contributed by atoms with Crippen LogP contribution in [0.25, 0.3) is 10.4 Å². The van der Waals surface area contributed by atoms with E-state index in [1.54, 1.807) is 22.3 Å². The number of hydrogen-bond acceptors (Lipinski definition) is 5. The topological polar surface area (TPSA) is 88.3 Å². The summed E-state index contributed by atoms with van der Waals surface area (Å²) in [5, 5.41) is 5.08. The van der Waals surface area contributed by atoms with Crippen molar-refractivity contribution < 1.29 is 9.59 Å². The molecule has 2 aromatic heterocycles. The van der Waals surface area contributed by atoms with Gasteiger partial charge in [-0.2, -0.15) is 0 Å². The summed E-state index contributed by atoms with van der Waals surface area (Å²) in [5.41, 5.74) is 8.33. The predicted octanol–water partition coefficient (Wildman–Crippen LogP) is 3.99. The summed E-state index contributed by atoms with van der Waals surface area (Å²) < 4.78 is 0. The van der Waals surface area contributed by atoms with Crippen molar-refractivity contribution in [3.63, 3.8) is 0 Å². The first-order valence-corrected chi connectivity index (χ1v) is 11.8. The van der Waals surface area contributed by atoms with Gasteiger partial charge in [0.15, 0.2) is 0 Å². The lowest BCUT2D eigenvalue weighted by Crippen LogP contribution is -2.54. The smallest absolute Gasteiger partial charge is 0.255 e. The van der Waals surface area contributed by atoms with Gasteiger partial charge in [0.25, 0.3) is 5.91 Å². The van der Waals surface area contributed by atoms with Gasteiger partial charge in [-0.3, -0.25) is 14.6 Å². The third-order valence-electron chi connectivity index (χ3n) is 5.99. The van der Waals surface area contributed by atoms with Gasteiger partial charge in [0.1, 0.15) is 0 Å². The molecular formula is C25H28N4O2S. The van der Waals surface area contributed by atoms with Gasteiger partial charge in [0.05, 0.1) is 16.7 Å². The number of pyridine rings is 1. The van der Waals surface area contributed by atoms with Crippen LogP contribution in [0.2, 0.25) is 0 Å². The van der Waals surface area contributed by atoms with Crippen LogP contribution in [-0.2, 0) is 11.2 Å². The highest BCUT2D eigenvalue weighted by atomic mass is 32.1. The predicted molar refractivity (Wildman–Crippen MR) is 128 cm³/mol. The number of nitrogen functional groups attached to an aromatic ring is 1. The van der Waals surface area contributed by atoms with Crippen LogP contribution in [-0.4, -0.2) is 41.3 Å². The summed E-state index contributed by atoms with van der Waals surface area (Å²) in [6, 6.07) is 14.2. The first kappa shape index (κ1) is 22.0. The van der Waals surface area contributed by atoms with Crippen molar-refractivity contribution in [1.29, 1.82) is 0 Å². The van der Waals surface area contributed by atoms with Crippen molar-refractivity contribution in [3.8, 4) is 10.4 Å². The lowest BCUT2D eigenvalue weighted by atomic mass is 9.74. The summed E-state index contributed by atoms with van der Waals surface area (Å²) in [4.78, 5) is 33.4. The molecule has 4 rings (SSSR count). The van der Waals surface area contributed by atoms with Gasteiger partial charge >= 0.3 is 0 Å². The van der Waals surface area contributed by atoms with E-state index in [2.05, 4.69) is 46.0 Å². The molecule has 3 aromatic rings. The zero-order valence-electron chi connectivity index (χ0n) is 18.2. The maximum absolute atomic E-state index is 13.3. The van der Waals surface area contributed by atoms with Crippen LogP contribution in [0.5, 0.6) is 0 Å². The Morgan fingerprint density at radius 3 is 2.72 bits per heavy atom. The second kappa shape index (κ2) is 9.53. The normalized spacial score (nSPS) is 18.3. The summed E-state index contributed by atoms with van der Waals surface area (Å²) >= 11 is 1.71. The average molecular weight is 449 g/mol. The zero-order chi connectivity index (χ0) is 22.6. The van der Waals surface area contributed by atoms with Gasteiger partial charge in [0.2, 0.25) is 5.91 Å². The number of anilines is 1. The molecule has 166 valence electrons. The number of rotatable bonds is 6. The molecule has 1 fully saturated rings. The first-order valence-electron chi connectivity index (χ1n) is 10.9. The molecule has 3 heterocycles. The summed E-state index contributed by atoms with van der Waals surface area (Å²) in [6.07, 6.45) is 5.15. The van der Waals surface area contributed by atoms with E-state index < -0.39 is 5.41 Å². The quantitative estimate of drug-likeness (QED) is 0.597. The molecule has 1 saturated heterocycles. The second-order valence-electron chi connectivity index (χ2n) is 8.33. The molecule has 3 N–H and O–H groups in total. The molecule has 1 aromatic carbocycles. The van der Waals surface area contributed by atoms with E-state index >= 15 is 0 Å². The van der Waals surface area contributed by atoms with Gasteiger partial charge < -0.3 is 16.0 Å². The number of piperidine rings is 1. The van der Waals surface area contributed by atoms with Crippen LogP contribution in [0.4, 0.5) is 5.69 Å². The number of carbonyl (C=O) groups is 2. The highest BCUT2D eigenvalue weighted by Gasteiger charge is 2.43. The molecule has 1 atom stereocenters. The van der Waals surface area contributed by atoms with Crippen molar-refractivity contribution in [3.05, 3.63) is 71.4 Å². The Kier molecular flexibility index (Phi) is 6.55. The van der Waals surface area contributed by atoms with E-state index in [1.165, 1.54) is 22.8 Å². The zero-order valence-corrected chi connectivity index (χ0v) is 19.0. The van der Waals surface area contributed by atoms with Crippen LogP contribution in [0.1, 0.15) is 35.7 Å². The Bertz CT molecular complexity index is 1080. The SMILES string of the molecule is CCNC(=O)[C@]1(Cc2ccc(-c3cccs3)cc2)CCCN(C(=O)c2cncc(N)c2)C1. The Labute approximate surface area is 192 Å². The van der Waals surface area contributed by atoms with Gasteiger partial charge in [-0.05, 0) is 54.8 Å². The van der Waals surface area contributed by atoms with E-state index in [9.17, 15) is 9.59 Å². The number of aromatic nitrogens is 1. The number of thiophene rings is 1. The van der Waals surface area contributed by atoms with Crippen molar-refractivity contribution in [2.24, 2.45) is 5.41 Å². The Hall–Kier alpha value is -3.19. The number of nitrogens with two attached hydrogens (primary N) is 1. The fourth-order valence-electron chi connectivity index (χ4n) is 4.44. The van der Waals surface area contributed by atoms with Crippen LogP contribution in [0.15, 0.2) is 60.2 Å². The van der Waals surface area contributed by atoms with Crippen LogP contribution >= 0.6 is 11.3 Å². The van der Waals surface area contributed by atoms with E-state index in [1.807, 2.05) is 13.0 Å². The van der Waals surface area contributed by atoms with Gasteiger partial charge in [0, 0.05) is 36.9 Å². The monoisotopic (exact) mass is 448 g/mol. The number of carbonyl (C=O) groups excluding carboxylic acids is 2. The number of amides is 2. The fourth-order valence-corrected chi connectivity index (χ4v) is 5.17. The fraction of sp³-hybridized carbons (Fsp3) is 0.320. The summed E-state index contributed by atoms with van der Waals surface area (Å²) in [6.45, 7) is 3.47. The standard InChI is InChI=1S/C25H28N4O2S/c1-2-28-24(31)25(14-18-6-8-19(9-7-18)22-5-3-12-32-22)10-4-11-29(17-25)23(30)20-13-21(26)16-27-15-20/h3,5-9,12-13,15-16H,2,4,10-11,14,17,26H2,1H3,(H,28,31)/t25-/m0/s1. The molecule has 0 spiro atoms. The third-order valence-corrected chi connectivity index (χ3v) is 6.91. The van der Waals surface area contributed by atoms with Crippen LogP contribution < -0.4 is 11.1 Å². The van der Waals surface area contributed by atoms with E-state index in [4.69, 9.17) is 5.73 Å². The van der Waals surface area contributed by atoms with Gasteiger partial charge in [-0.15, -0.1) is 11.3 Å². The Balaban J connectivity index is 1.58. The lowest BCUT2D eigenvalue weighted by Gasteiger charge is -2.42. The third kappa shape index (κ3) is 4.67. The number of nitrogens with zero attached hydrogens (tertiary/aromatic N) is 2. The summed E-state index contributed by atoms with van der Waals surface area (Å²) in [7, 11) is 0. The second-order valence-corrected chi connectivity index (χ2v) is 9.28. The molecular weight excluding hydrogens is 420 g/mol. The maximum atomic E-state index is 13.3. The molecule has 32 heavy (non-hydrogen) atoms. The molecule has 2 amide bonds. The molecule has 0 radical (unpaired) electrons. The summed E-state index contributed by atoms with van der Waals surface area (Å²) in [5.74, 6) is -0.128. The molecule has 0 bridgehead atoms. The van der Waals surface area contributed by atoms with Crippen molar-refractivity contribution in [2.75, 3.05) is 25.4 Å². The average Bonchev–Trinajstić information content (AvgIpc) is 3.34. The number of likely N-dealkylation sites (tertiary alicyclic amines) is 1. The molecule has 6 nitrogen and oxygen atoms in total. The molecule has 1 aliphatic heterocycles. The maximum Gasteiger partial charge on any atom is 0.255 e. The first-order chi connectivity index (χ1) is 15.5. The van der Waals surface area contributed by atoms with Gasteiger partial charge in [-0.1, -0.05) is 30.3 Å². The number of benzene rings is 1. The van der Waals surface area contributed by atoms with E-state index in [0.717, 1.165) is 18.4 Å². The lowest BCUT2D eigenvalue weighted by molar-refractivity contribution is -0.133. The minimum Gasteiger partial charge on any atom is -0.397 e. The molecule has 7 heteroatoms. The molecule has 0 aliphatic carbocycles. The molecule has 1 aliphatic rings. The van der Waals surface area contributed by atoms with E-state index in [0.29, 0.717) is 37.3 Å². The van der Waals surface area contributed by atoms with Crippen molar-refractivity contribution in [2.45, 2.75) is 26.2 Å². The highest BCUT2D eigenvalue weighted by Crippen LogP contribution is 2.36. The molecule has 0 saturated carbocycles. The Morgan fingerprint density at radius 1 is 1.22 bits per heavy atom.